The van der Waals surface area contributed by atoms with E-state index in [9.17, 15) is 4.79 Å². The molecule has 0 saturated carbocycles. The van der Waals surface area contributed by atoms with Crippen LogP contribution in [0.25, 0.3) is 0 Å². The molecule has 1 unspecified atom stereocenters. The molecule has 0 amide bonds. The number of esters is 1. The molecule has 0 spiro atoms. The highest BCUT2D eigenvalue weighted by molar-refractivity contribution is 14.1. The first-order valence-electron chi connectivity index (χ1n) is 5.23. The van der Waals surface area contributed by atoms with Crippen molar-refractivity contribution >= 4 is 28.6 Å². The third-order valence-corrected chi connectivity index (χ3v) is 2.93. The van der Waals surface area contributed by atoms with Crippen molar-refractivity contribution in [1.82, 2.24) is 4.90 Å². The van der Waals surface area contributed by atoms with Gasteiger partial charge < -0.3 is 4.74 Å². The maximum atomic E-state index is 11.1. The summed E-state index contributed by atoms with van der Waals surface area (Å²) in [5, 5.41) is 0. The Kier molecular flexibility index (Phi) is 5.77. The Morgan fingerprint density at radius 2 is 2.07 bits per heavy atom. The van der Waals surface area contributed by atoms with E-state index in [0.29, 0.717) is 6.61 Å². The van der Waals surface area contributed by atoms with Crippen molar-refractivity contribution in [2.24, 2.45) is 0 Å². The van der Waals surface area contributed by atoms with Crippen LogP contribution >= 0.6 is 22.6 Å². The van der Waals surface area contributed by atoms with Crippen LogP contribution in [0.5, 0.6) is 0 Å². The number of carbonyl (C=O) groups is 1. The predicted octanol–water partition coefficient (Wildman–Crippen LogP) is 1.84. The zero-order chi connectivity index (χ0) is 10.4. The Balaban J connectivity index is 2.05. The molecule has 1 atom stereocenters. The number of carbonyl (C=O) groups excluding carboxylic acids is 1. The second-order valence-electron chi connectivity index (χ2n) is 3.69. The fraction of sp³-hybridized carbons (Fsp3) is 0.900. The largest absolute Gasteiger partial charge is 0.464 e. The van der Waals surface area contributed by atoms with E-state index in [2.05, 4.69) is 27.5 Å². The molecule has 0 bridgehead atoms. The molecule has 0 N–H and O–H groups in total. The van der Waals surface area contributed by atoms with Crippen molar-refractivity contribution in [2.75, 3.05) is 26.2 Å². The number of nitrogens with zero attached hydrogens (tertiary/aromatic N) is 1. The van der Waals surface area contributed by atoms with E-state index in [1.54, 1.807) is 0 Å². The van der Waals surface area contributed by atoms with Gasteiger partial charge in [0.2, 0.25) is 0 Å². The molecule has 4 heteroatoms. The van der Waals surface area contributed by atoms with Crippen molar-refractivity contribution in [3.63, 3.8) is 0 Å². The highest BCUT2D eigenvalue weighted by Crippen LogP contribution is 2.08. The van der Waals surface area contributed by atoms with Crippen LogP contribution < -0.4 is 0 Å². The van der Waals surface area contributed by atoms with Gasteiger partial charge in [-0.15, -0.1) is 0 Å². The minimum absolute atomic E-state index is 0.0334. The van der Waals surface area contributed by atoms with Gasteiger partial charge in [0.05, 0.1) is 0 Å². The quantitative estimate of drug-likeness (QED) is 0.451. The molecule has 1 fully saturated rings. The number of hydrogen-bond acceptors (Lipinski definition) is 3. The highest BCUT2D eigenvalue weighted by atomic mass is 127. The average molecular weight is 311 g/mol. The summed E-state index contributed by atoms with van der Waals surface area (Å²) < 4.78 is 5.08. The summed E-state index contributed by atoms with van der Waals surface area (Å²) >= 11 is 2.07. The summed E-state index contributed by atoms with van der Waals surface area (Å²) in [5.74, 6) is -0.0948. The van der Waals surface area contributed by atoms with Gasteiger partial charge in [0.25, 0.3) is 0 Å². The Morgan fingerprint density at radius 1 is 1.43 bits per heavy atom. The Labute approximate surface area is 99.3 Å². The molecule has 3 nitrogen and oxygen atoms in total. The third-order valence-electron chi connectivity index (χ3n) is 2.43. The molecule has 0 aliphatic carbocycles. The van der Waals surface area contributed by atoms with Crippen molar-refractivity contribution in [3.05, 3.63) is 0 Å². The number of ether oxygens (including phenoxy) is 1. The number of likely N-dealkylation sites (tertiary alicyclic amines) is 1. The first kappa shape index (κ1) is 12.2. The molecule has 1 rings (SSSR count). The molecule has 0 aromatic carbocycles. The van der Waals surface area contributed by atoms with Crippen molar-refractivity contribution in [2.45, 2.75) is 30.1 Å². The van der Waals surface area contributed by atoms with Gasteiger partial charge in [-0.25, -0.2) is 0 Å². The lowest BCUT2D eigenvalue weighted by atomic mass is 10.1. The SMILES string of the molecule is CC(I)C(=O)OCCN1CCCCC1. The van der Waals surface area contributed by atoms with Crippen molar-refractivity contribution < 1.29 is 9.53 Å². The number of hydrogen-bond donors (Lipinski definition) is 0. The van der Waals surface area contributed by atoms with Crippen LogP contribution in [-0.2, 0) is 9.53 Å². The monoisotopic (exact) mass is 311 g/mol. The Morgan fingerprint density at radius 3 is 2.64 bits per heavy atom. The second-order valence-corrected chi connectivity index (χ2v) is 5.55. The number of rotatable bonds is 4. The van der Waals surface area contributed by atoms with Gasteiger partial charge in [0.15, 0.2) is 0 Å². The zero-order valence-electron chi connectivity index (χ0n) is 8.67. The molecule has 0 radical (unpaired) electrons. The smallest absolute Gasteiger partial charge is 0.318 e. The minimum Gasteiger partial charge on any atom is -0.464 e. The van der Waals surface area contributed by atoms with Crippen molar-refractivity contribution in [1.29, 1.82) is 0 Å². The second kappa shape index (κ2) is 6.61. The zero-order valence-corrected chi connectivity index (χ0v) is 10.8. The van der Waals surface area contributed by atoms with E-state index in [1.165, 1.54) is 19.3 Å². The summed E-state index contributed by atoms with van der Waals surface area (Å²) in [7, 11) is 0. The Hall–Kier alpha value is 0.160. The summed E-state index contributed by atoms with van der Waals surface area (Å²) in [4.78, 5) is 13.5. The molecule has 1 aliphatic rings. The molecular weight excluding hydrogens is 293 g/mol. The van der Waals surface area contributed by atoms with E-state index >= 15 is 0 Å². The highest BCUT2D eigenvalue weighted by Gasteiger charge is 2.12. The van der Waals surface area contributed by atoms with E-state index in [1.807, 2.05) is 6.92 Å². The molecule has 0 aromatic heterocycles. The molecule has 1 aliphatic heterocycles. The molecule has 1 saturated heterocycles. The van der Waals surface area contributed by atoms with Crippen LogP contribution in [0.15, 0.2) is 0 Å². The lowest BCUT2D eigenvalue weighted by Crippen LogP contribution is -2.33. The normalized spacial score (nSPS) is 20.4. The molecular formula is C10H18INO2. The van der Waals surface area contributed by atoms with Crippen LogP contribution in [0.1, 0.15) is 26.2 Å². The number of halogens is 1. The van der Waals surface area contributed by atoms with Gasteiger partial charge in [0, 0.05) is 6.54 Å². The molecule has 0 aromatic rings. The topological polar surface area (TPSA) is 29.5 Å². The van der Waals surface area contributed by atoms with Gasteiger partial charge in [-0.3, -0.25) is 9.69 Å². The van der Waals surface area contributed by atoms with Crippen LogP contribution in [0.2, 0.25) is 0 Å². The predicted molar refractivity (Wildman–Crippen MR) is 64.7 cm³/mol. The van der Waals surface area contributed by atoms with Crippen LogP contribution in [-0.4, -0.2) is 41.0 Å². The summed E-state index contributed by atoms with van der Waals surface area (Å²) in [6, 6.07) is 0. The molecule has 82 valence electrons. The van der Waals surface area contributed by atoms with E-state index < -0.39 is 0 Å². The Bertz CT molecular complexity index is 179. The van der Waals surface area contributed by atoms with Crippen LogP contribution in [0.4, 0.5) is 0 Å². The van der Waals surface area contributed by atoms with Gasteiger partial charge >= 0.3 is 5.97 Å². The lowest BCUT2D eigenvalue weighted by molar-refractivity contribution is -0.142. The summed E-state index contributed by atoms with van der Waals surface area (Å²) in [6.45, 7) is 5.62. The van der Waals surface area contributed by atoms with Gasteiger partial charge in [0.1, 0.15) is 10.5 Å². The third kappa shape index (κ3) is 4.59. The van der Waals surface area contributed by atoms with Crippen molar-refractivity contribution in [3.8, 4) is 0 Å². The standard InChI is InChI=1S/C10H18INO2/c1-9(11)10(13)14-8-7-12-5-3-2-4-6-12/h9H,2-8H2,1H3. The first-order chi connectivity index (χ1) is 6.70. The maximum Gasteiger partial charge on any atom is 0.318 e. The summed E-state index contributed by atoms with van der Waals surface area (Å²) in [6.07, 6.45) is 3.92. The molecule has 14 heavy (non-hydrogen) atoms. The number of alkyl halides is 1. The van der Waals surface area contributed by atoms with Gasteiger partial charge in [-0.05, 0) is 32.9 Å². The van der Waals surface area contributed by atoms with Crippen LogP contribution in [0.3, 0.4) is 0 Å². The molecule has 1 heterocycles. The van der Waals surface area contributed by atoms with Gasteiger partial charge in [-0.1, -0.05) is 29.0 Å². The lowest BCUT2D eigenvalue weighted by Gasteiger charge is -2.25. The van der Waals surface area contributed by atoms with Crippen LogP contribution in [0, 0.1) is 0 Å². The first-order valence-corrected chi connectivity index (χ1v) is 6.48. The minimum atomic E-state index is -0.0948. The van der Waals surface area contributed by atoms with E-state index in [0.717, 1.165) is 19.6 Å². The van der Waals surface area contributed by atoms with Gasteiger partial charge in [-0.2, -0.15) is 0 Å². The number of piperidine rings is 1. The fourth-order valence-corrected chi connectivity index (χ4v) is 1.75. The fourth-order valence-electron chi connectivity index (χ4n) is 1.57. The maximum absolute atomic E-state index is 11.1. The van der Waals surface area contributed by atoms with E-state index in [-0.39, 0.29) is 9.89 Å². The van der Waals surface area contributed by atoms with E-state index in [4.69, 9.17) is 4.74 Å². The summed E-state index contributed by atoms with van der Waals surface area (Å²) in [5.41, 5.74) is 0. The average Bonchev–Trinajstić information content (AvgIpc) is 2.19.